The second kappa shape index (κ2) is 5.02. The molecule has 1 aromatic rings. The molecule has 0 radical (unpaired) electrons. The highest BCUT2D eigenvalue weighted by Crippen LogP contribution is 2.29. The van der Waals surface area contributed by atoms with E-state index in [1.165, 1.54) is 5.56 Å². The van der Waals surface area contributed by atoms with Crippen molar-refractivity contribution in [2.75, 3.05) is 0 Å². The SMILES string of the molecule is OC1CCC2OC(Cc3ccc(Br)cc3)=NC2C1. The van der Waals surface area contributed by atoms with Gasteiger partial charge in [0.2, 0.25) is 0 Å². The summed E-state index contributed by atoms with van der Waals surface area (Å²) in [6, 6.07) is 8.38. The van der Waals surface area contributed by atoms with Gasteiger partial charge in [-0.25, -0.2) is 4.99 Å². The van der Waals surface area contributed by atoms with E-state index in [2.05, 4.69) is 33.1 Å². The maximum atomic E-state index is 9.63. The molecule has 3 atom stereocenters. The molecule has 0 aromatic heterocycles. The number of hydrogen-bond acceptors (Lipinski definition) is 3. The Balaban J connectivity index is 1.67. The Morgan fingerprint density at radius 1 is 1.28 bits per heavy atom. The van der Waals surface area contributed by atoms with Crippen molar-refractivity contribution in [1.82, 2.24) is 0 Å². The standard InChI is InChI=1S/C14H16BrNO2/c15-10-3-1-9(2-4-10)7-14-16-12-8-11(17)5-6-13(12)18-14/h1-4,11-13,17H,5-8H2. The monoisotopic (exact) mass is 309 g/mol. The van der Waals surface area contributed by atoms with Crippen LogP contribution in [0.25, 0.3) is 0 Å². The van der Waals surface area contributed by atoms with E-state index >= 15 is 0 Å². The zero-order chi connectivity index (χ0) is 12.5. The normalized spacial score (nSPS) is 30.6. The Bertz CT molecular complexity index is 457. The van der Waals surface area contributed by atoms with E-state index in [4.69, 9.17) is 4.74 Å². The van der Waals surface area contributed by atoms with E-state index in [-0.39, 0.29) is 18.2 Å². The fourth-order valence-electron chi connectivity index (χ4n) is 2.63. The summed E-state index contributed by atoms with van der Waals surface area (Å²) >= 11 is 3.43. The smallest absolute Gasteiger partial charge is 0.188 e. The molecule has 3 unspecified atom stereocenters. The predicted octanol–water partition coefficient (Wildman–Crippen LogP) is 2.70. The summed E-state index contributed by atoms with van der Waals surface area (Å²) in [6.45, 7) is 0. The average Bonchev–Trinajstić information content (AvgIpc) is 2.73. The molecule has 3 nitrogen and oxygen atoms in total. The number of benzene rings is 1. The zero-order valence-corrected chi connectivity index (χ0v) is 11.6. The van der Waals surface area contributed by atoms with E-state index in [1.807, 2.05) is 12.1 Å². The molecule has 1 aliphatic heterocycles. The second-order valence-corrected chi connectivity index (χ2v) is 5.93. The summed E-state index contributed by atoms with van der Waals surface area (Å²) in [7, 11) is 0. The summed E-state index contributed by atoms with van der Waals surface area (Å²) in [4.78, 5) is 4.60. The van der Waals surface area contributed by atoms with Crippen molar-refractivity contribution in [2.45, 2.75) is 43.9 Å². The summed E-state index contributed by atoms with van der Waals surface area (Å²) in [5.41, 5.74) is 1.20. The predicted molar refractivity (Wildman–Crippen MR) is 73.8 cm³/mol. The molecule has 1 saturated carbocycles. The van der Waals surface area contributed by atoms with Crippen molar-refractivity contribution in [3.8, 4) is 0 Å². The van der Waals surface area contributed by atoms with E-state index in [9.17, 15) is 5.11 Å². The van der Waals surface area contributed by atoms with Gasteiger partial charge in [-0.3, -0.25) is 0 Å². The maximum Gasteiger partial charge on any atom is 0.188 e. The Kier molecular flexibility index (Phi) is 3.39. The Labute approximate surface area is 115 Å². The van der Waals surface area contributed by atoms with Crippen molar-refractivity contribution < 1.29 is 9.84 Å². The van der Waals surface area contributed by atoms with E-state index in [0.717, 1.165) is 36.1 Å². The lowest BCUT2D eigenvalue weighted by atomic mass is 9.91. The Morgan fingerprint density at radius 3 is 2.83 bits per heavy atom. The average molecular weight is 310 g/mol. The lowest BCUT2D eigenvalue weighted by molar-refractivity contribution is 0.0616. The summed E-state index contributed by atoms with van der Waals surface area (Å²) in [5, 5.41) is 9.63. The van der Waals surface area contributed by atoms with E-state index in [0.29, 0.717) is 0 Å². The fraction of sp³-hybridized carbons (Fsp3) is 0.500. The third kappa shape index (κ3) is 2.59. The molecule has 96 valence electrons. The second-order valence-electron chi connectivity index (χ2n) is 5.02. The van der Waals surface area contributed by atoms with Gasteiger partial charge in [0.05, 0.1) is 12.1 Å². The minimum absolute atomic E-state index is 0.166. The van der Waals surface area contributed by atoms with Crippen LogP contribution < -0.4 is 0 Å². The molecule has 2 aliphatic rings. The van der Waals surface area contributed by atoms with Gasteiger partial charge in [0.25, 0.3) is 0 Å². The number of rotatable bonds is 2. The first-order valence-electron chi connectivity index (χ1n) is 6.36. The molecular weight excluding hydrogens is 294 g/mol. The van der Waals surface area contributed by atoms with Crippen LogP contribution in [0.4, 0.5) is 0 Å². The molecule has 1 N–H and O–H groups in total. The number of hydrogen-bond donors (Lipinski definition) is 1. The number of ether oxygens (including phenoxy) is 1. The van der Waals surface area contributed by atoms with Gasteiger partial charge in [-0.05, 0) is 37.0 Å². The number of aliphatic hydroxyl groups excluding tert-OH is 1. The van der Waals surface area contributed by atoms with Gasteiger partial charge in [0, 0.05) is 10.9 Å². The third-order valence-corrected chi connectivity index (χ3v) is 4.12. The van der Waals surface area contributed by atoms with Gasteiger partial charge in [-0.15, -0.1) is 0 Å². The van der Waals surface area contributed by atoms with Crippen LogP contribution >= 0.6 is 15.9 Å². The Hall–Kier alpha value is -0.870. The van der Waals surface area contributed by atoms with Crippen LogP contribution in [-0.2, 0) is 11.2 Å². The molecule has 0 spiro atoms. The molecule has 1 fully saturated rings. The van der Waals surface area contributed by atoms with Crippen molar-refractivity contribution in [3.05, 3.63) is 34.3 Å². The summed E-state index contributed by atoms with van der Waals surface area (Å²) in [6.07, 6.45) is 3.23. The molecule has 0 amide bonds. The highest BCUT2D eigenvalue weighted by atomic mass is 79.9. The highest BCUT2D eigenvalue weighted by Gasteiger charge is 2.36. The lowest BCUT2D eigenvalue weighted by Gasteiger charge is -2.26. The van der Waals surface area contributed by atoms with Crippen LogP contribution in [0.3, 0.4) is 0 Å². The van der Waals surface area contributed by atoms with Crippen LogP contribution in [0.2, 0.25) is 0 Å². The van der Waals surface area contributed by atoms with E-state index in [1.54, 1.807) is 0 Å². The van der Waals surface area contributed by atoms with Gasteiger partial charge in [0.1, 0.15) is 6.10 Å². The van der Waals surface area contributed by atoms with Gasteiger partial charge in [0.15, 0.2) is 5.90 Å². The van der Waals surface area contributed by atoms with Crippen LogP contribution in [0.5, 0.6) is 0 Å². The summed E-state index contributed by atoms with van der Waals surface area (Å²) < 4.78 is 6.96. The van der Waals surface area contributed by atoms with Crippen LogP contribution in [0, 0.1) is 0 Å². The van der Waals surface area contributed by atoms with Crippen LogP contribution in [0.15, 0.2) is 33.7 Å². The molecule has 1 aliphatic carbocycles. The van der Waals surface area contributed by atoms with Gasteiger partial charge >= 0.3 is 0 Å². The van der Waals surface area contributed by atoms with Gasteiger partial charge in [-0.1, -0.05) is 28.1 Å². The zero-order valence-electron chi connectivity index (χ0n) is 10.1. The maximum absolute atomic E-state index is 9.63. The first kappa shape index (κ1) is 12.2. The van der Waals surface area contributed by atoms with Crippen molar-refractivity contribution in [3.63, 3.8) is 0 Å². The number of nitrogens with zero attached hydrogens (tertiary/aromatic N) is 1. The third-order valence-electron chi connectivity index (χ3n) is 3.59. The molecule has 3 rings (SSSR count). The van der Waals surface area contributed by atoms with Gasteiger partial charge in [-0.2, -0.15) is 0 Å². The number of aliphatic hydroxyl groups is 1. The molecule has 0 bridgehead atoms. The number of halogens is 1. The molecule has 1 aromatic carbocycles. The minimum Gasteiger partial charge on any atom is -0.475 e. The molecule has 4 heteroatoms. The highest BCUT2D eigenvalue weighted by molar-refractivity contribution is 9.10. The van der Waals surface area contributed by atoms with Crippen molar-refractivity contribution in [1.29, 1.82) is 0 Å². The van der Waals surface area contributed by atoms with Crippen LogP contribution in [0.1, 0.15) is 24.8 Å². The van der Waals surface area contributed by atoms with Gasteiger partial charge < -0.3 is 9.84 Å². The first-order chi connectivity index (χ1) is 8.70. The van der Waals surface area contributed by atoms with Crippen LogP contribution in [-0.4, -0.2) is 29.3 Å². The van der Waals surface area contributed by atoms with Crippen molar-refractivity contribution >= 4 is 21.8 Å². The Morgan fingerprint density at radius 2 is 2.06 bits per heavy atom. The van der Waals surface area contributed by atoms with E-state index < -0.39 is 0 Å². The fourth-order valence-corrected chi connectivity index (χ4v) is 2.89. The molecule has 18 heavy (non-hydrogen) atoms. The minimum atomic E-state index is -0.203. The first-order valence-corrected chi connectivity index (χ1v) is 7.16. The molecular formula is C14H16BrNO2. The quantitative estimate of drug-likeness (QED) is 0.912. The largest absolute Gasteiger partial charge is 0.475 e. The topological polar surface area (TPSA) is 41.8 Å². The molecule has 1 heterocycles. The summed E-state index contributed by atoms with van der Waals surface area (Å²) in [5.74, 6) is 0.821. The molecule has 0 saturated heterocycles. The number of fused-ring (bicyclic) bond motifs is 1. The van der Waals surface area contributed by atoms with Crippen molar-refractivity contribution in [2.24, 2.45) is 4.99 Å². The number of aliphatic imine (C=N–C) groups is 1. The lowest BCUT2D eigenvalue weighted by Crippen LogP contribution is -2.33.